The minimum Gasteiger partial charge on any atom is -0.355 e. The van der Waals surface area contributed by atoms with Crippen LogP contribution in [0.25, 0.3) is 10.6 Å². The lowest BCUT2D eigenvalue weighted by molar-refractivity contribution is -0.120. The van der Waals surface area contributed by atoms with Crippen LogP contribution in [0, 0.1) is 6.92 Å². The van der Waals surface area contributed by atoms with E-state index in [0.29, 0.717) is 24.5 Å². The van der Waals surface area contributed by atoms with E-state index >= 15 is 0 Å². The Morgan fingerprint density at radius 2 is 2.00 bits per heavy atom. The molecule has 3 aromatic rings. The predicted octanol–water partition coefficient (Wildman–Crippen LogP) is 2.10. The van der Waals surface area contributed by atoms with Crippen molar-refractivity contribution in [1.29, 1.82) is 0 Å². The topological polar surface area (TPSA) is 87.7 Å². The molecule has 6 nitrogen and oxygen atoms in total. The van der Waals surface area contributed by atoms with E-state index < -0.39 is 0 Å². The molecule has 2 heterocycles. The van der Waals surface area contributed by atoms with Gasteiger partial charge >= 0.3 is 0 Å². The third kappa shape index (κ3) is 4.84. The van der Waals surface area contributed by atoms with Crippen LogP contribution in [0.5, 0.6) is 0 Å². The summed E-state index contributed by atoms with van der Waals surface area (Å²) in [7, 11) is 0. The maximum absolute atomic E-state index is 12.0. The molecule has 128 valence electrons. The van der Waals surface area contributed by atoms with Gasteiger partial charge in [-0.25, -0.2) is 9.97 Å². The van der Waals surface area contributed by atoms with Crippen molar-refractivity contribution in [2.24, 2.45) is 0 Å². The molecule has 0 aliphatic rings. The van der Waals surface area contributed by atoms with Gasteiger partial charge in [0.2, 0.25) is 5.91 Å². The molecule has 0 fully saturated rings. The maximum Gasteiger partial charge on any atom is 0.251 e. The molecule has 0 saturated carbocycles. The van der Waals surface area contributed by atoms with Crippen molar-refractivity contribution in [2.45, 2.75) is 19.8 Å². The van der Waals surface area contributed by atoms with Crippen LogP contribution >= 0.6 is 11.3 Å². The van der Waals surface area contributed by atoms with Gasteiger partial charge in [-0.05, 0) is 6.92 Å². The van der Waals surface area contributed by atoms with Crippen molar-refractivity contribution in [2.75, 3.05) is 6.54 Å². The molecule has 1 amide bonds. The number of benzene rings is 1. The number of hydrogen-bond acceptors (Lipinski definition) is 5. The number of thiazole rings is 1. The Balaban J connectivity index is 1.51. The van der Waals surface area contributed by atoms with Crippen LogP contribution in [-0.2, 0) is 17.6 Å². The fraction of sp³-hybridized carbons (Fsp3) is 0.222. The van der Waals surface area contributed by atoms with Gasteiger partial charge in [0.1, 0.15) is 10.8 Å². The third-order valence-corrected chi connectivity index (χ3v) is 4.47. The summed E-state index contributed by atoms with van der Waals surface area (Å²) in [5.74, 6) is 0.483. The first kappa shape index (κ1) is 17.0. The maximum atomic E-state index is 12.0. The second kappa shape index (κ2) is 7.85. The quantitative estimate of drug-likeness (QED) is 0.710. The Labute approximate surface area is 149 Å². The zero-order valence-electron chi connectivity index (χ0n) is 13.8. The number of hydrogen-bond donors (Lipinski definition) is 2. The van der Waals surface area contributed by atoms with Crippen molar-refractivity contribution in [3.8, 4) is 10.6 Å². The van der Waals surface area contributed by atoms with E-state index in [9.17, 15) is 9.59 Å². The van der Waals surface area contributed by atoms with Crippen LogP contribution < -0.4 is 10.9 Å². The van der Waals surface area contributed by atoms with E-state index in [-0.39, 0.29) is 17.9 Å². The molecule has 0 saturated heterocycles. The molecule has 0 unspecified atom stereocenters. The number of aryl methyl sites for hydroxylation is 1. The van der Waals surface area contributed by atoms with E-state index in [4.69, 9.17) is 0 Å². The van der Waals surface area contributed by atoms with Crippen LogP contribution in [0.3, 0.4) is 0 Å². The number of carbonyl (C=O) groups excluding carboxylic acids is 1. The van der Waals surface area contributed by atoms with Gasteiger partial charge in [0.25, 0.3) is 5.56 Å². The standard InChI is InChI=1S/C18H18N4O2S/c1-12-20-14(9-17(24)21-12)7-8-19-16(23)10-15-11-25-18(22-15)13-5-3-2-4-6-13/h2-6,9,11H,7-8,10H2,1H3,(H,19,23)(H,20,21,24). The fourth-order valence-corrected chi connectivity index (χ4v) is 3.25. The van der Waals surface area contributed by atoms with Crippen LogP contribution in [0.1, 0.15) is 17.2 Å². The first-order valence-electron chi connectivity index (χ1n) is 7.93. The summed E-state index contributed by atoms with van der Waals surface area (Å²) in [4.78, 5) is 34.8. The van der Waals surface area contributed by atoms with E-state index in [2.05, 4.69) is 20.3 Å². The summed E-state index contributed by atoms with van der Waals surface area (Å²) in [6.45, 7) is 2.17. The van der Waals surface area contributed by atoms with Crippen molar-refractivity contribution in [3.63, 3.8) is 0 Å². The molecule has 2 aromatic heterocycles. The van der Waals surface area contributed by atoms with Crippen molar-refractivity contribution in [1.82, 2.24) is 20.3 Å². The van der Waals surface area contributed by atoms with Crippen molar-refractivity contribution in [3.05, 3.63) is 69.3 Å². The number of amides is 1. The minimum absolute atomic E-state index is 0.0912. The number of aromatic amines is 1. The lowest BCUT2D eigenvalue weighted by atomic mass is 10.2. The summed E-state index contributed by atoms with van der Waals surface area (Å²) in [5, 5.41) is 5.66. The SMILES string of the molecule is Cc1nc(CCNC(=O)Cc2csc(-c3ccccc3)n2)cc(=O)[nH]1. The molecule has 0 radical (unpaired) electrons. The van der Waals surface area contributed by atoms with Crippen molar-refractivity contribution < 1.29 is 4.79 Å². The Kier molecular flexibility index (Phi) is 5.35. The second-order valence-corrected chi connectivity index (χ2v) is 6.47. The van der Waals surface area contributed by atoms with Crippen LogP contribution in [0.15, 0.2) is 46.6 Å². The zero-order valence-corrected chi connectivity index (χ0v) is 14.6. The summed E-state index contributed by atoms with van der Waals surface area (Å²) >= 11 is 1.53. The molecule has 3 rings (SSSR count). The summed E-state index contributed by atoms with van der Waals surface area (Å²) in [5.41, 5.74) is 2.30. The van der Waals surface area contributed by atoms with E-state index in [1.807, 2.05) is 35.7 Å². The average Bonchev–Trinajstić information content (AvgIpc) is 3.03. The minimum atomic E-state index is -0.176. The Hall–Kier alpha value is -2.80. The van der Waals surface area contributed by atoms with Crippen LogP contribution in [0.2, 0.25) is 0 Å². The molecule has 0 spiro atoms. The lowest BCUT2D eigenvalue weighted by Gasteiger charge is -2.04. The Morgan fingerprint density at radius 3 is 2.76 bits per heavy atom. The van der Waals surface area contributed by atoms with Gasteiger partial charge in [-0.15, -0.1) is 11.3 Å². The summed E-state index contributed by atoms with van der Waals surface area (Å²) < 4.78 is 0. The summed E-state index contributed by atoms with van der Waals surface area (Å²) in [6.07, 6.45) is 0.758. The first-order valence-corrected chi connectivity index (χ1v) is 8.81. The molecule has 0 aliphatic heterocycles. The van der Waals surface area contributed by atoms with Gasteiger partial charge in [-0.1, -0.05) is 30.3 Å². The third-order valence-electron chi connectivity index (χ3n) is 3.53. The van der Waals surface area contributed by atoms with E-state index in [1.165, 1.54) is 17.4 Å². The molecule has 0 atom stereocenters. The highest BCUT2D eigenvalue weighted by Gasteiger charge is 2.09. The Morgan fingerprint density at radius 1 is 1.20 bits per heavy atom. The molecule has 1 aromatic carbocycles. The monoisotopic (exact) mass is 354 g/mol. The zero-order chi connectivity index (χ0) is 17.6. The van der Waals surface area contributed by atoms with Crippen LogP contribution in [0.4, 0.5) is 0 Å². The highest BCUT2D eigenvalue weighted by atomic mass is 32.1. The lowest BCUT2D eigenvalue weighted by Crippen LogP contribution is -2.28. The number of nitrogens with one attached hydrogen (secondary N) is 2. The largest absolute Gasteiger partial charge is 0.355 e. The molecular formula is C18H18N4O2S. The smallest absolute Gasteiger partial charge is 0.251 e. The van der Waals surface area contributed by atoms with Gasteiger partial charge in [0, 0.05) is 35.7 Å². The molecule has 2 N–H and O–H groups in total. The Bertz CT molecular complexity index is 918. The number of nitrogens with zero attached hydrogens (tertiary/aromatic N) is 2. The van der Waals surface area contributed by atoms with Crippen LogP contribution in [-0.4, -0.2) is 27.4 Å². The molecule has 25 heavy (non-hydrogen) atoms. The molecule has 7 heteroatoms. The van der Waals surface area contributed by atoms with Gasteiger partial charge in [0.15, 0.2) is 0 Å². The number of carbonyl (C=O) groups is 1. The fourth-order valence-electron chi connectivity index (χ4n) is 2.43. The number of H-pyrrole nitrogens is 1. The van der Waals surface area contributed by atoms with Gasteiger partial charge < -0.3 is 10.3 Å². The van der Waals surface area contributed by atoms with E-state index in [1.54, 1.807) is 6.92 Å². The van der Waals surface area contributed by atoms with E-state index in [0.717, 1.165) is 16.3 Å². The molecule has 0 bridgehead atoms. The van der Waals surface area contributed by atoms with Crippen molar-refractivity contribution >= 4 is 17.2 Å². The highest BCUT2D eigenvalue weighted by molar-refractivity contribution is 7.13. The number of rotatable bonds is 6. The highest BCUT2D eigenvalue weighted by Crippen LogP contribution is 2.23. The van der Waals surface area contributed by atoms with Gasteiger partial charge in [0.05, 0.1) is 12.1 Å². The molecule has 0 aliphatic carbocycles. The second-order valence-electron chi connectivity index (χ2n) is 5.61. The number of aromatic nitrogens is 3. The summed E-state index contributed by atoms with van der Waals surface area (Å²) in [6, 6.07) is 11.3. The van der Waals surface area contributed by atoms with Gasteiger partial charge in [-0.3, -0.25) is 9.59 Å². The normalized spacial score (nSPS) is 10.6. The molecular weight excluding hydrogens is 336 g/mol. The average molecular weight is 354 g/mol. The van der Waals surface area contributed by atoms with Gasteiger partial charge in [-0.2, -0.15) is 0 Å². The first-order chi connectivity index (χ1) is 12.1. The predicted molar refractivity (Wildman–Crippen MR) is 97.6 cm³/mol.